The molecule has 1 amide bonds. The third-order valence-electron chi connectivity index (χ3n) is 3.81. The number of carbonyl (C=O) groups excluding carboxylic acids is 1. The average Bonchev–Trinajstić information content (AvgIpc) is 2.84. The van der Waals surface area contributed by atoms with Crippen LogP contribution in [-0.2, 0) is 4.74 Å². The van der Waals surface area contributed by atoms with Crippen LogP contribution < -0.4 is 10.6 Å². The van der Waals surface area contributed by atoms with Crippen molar-refractivity contribution in [3.05, 3.63) is 17.5 Å². The number of hydrogen-bond donors (Lipinski definition) is 3. The molecule has 0 unspecified atom stereocenters. The molecule has 7 heteroatoms. The molecule has 1 aliphatic heterocycles. The molecule has 1 aliphatic rings. The summed E-state index contributed by atoms with van der Waals surface area (Å²) < 4.78 is 5.33. The van der Waals surface area contributed by atoms with Crippen LogP contribution in [-0.4, -0.2) is 49.5 Å². The van der Waals surface area contributed by atoms with Gasteiger partial charge in [0.2, 0.25) is 0 Å². The summed E-state index contributed by atoms with van der Waals surface area (Å²) >= 11 is 0. The van der Waals surface area contributed by atoms with Gasteiger partial charge in [-0.1, -0.05) is 0 Å². The largest absolute Gasteiger partial charge is 0.384 e. The van der Waals surface area contributed by atoms with Crippen molar-refractivity contribution in [1.29, 1.82) is 0 Å². The molecule has 0 aliphatic carbocycles. The van der Waals surface area contributed by atoms with E-state index in [4.69, 9.17) is 4.74 Å². The van der Waals surface area contributed by atoms with Gasteiger partial charge in [-0.15, -0.1) is 12.4 Å². The van der Waals surface area contributed by atoms with Crippen LogP contribution in [0.1, 0.15) is 28.9 Å². The first-order valence-corrected chi connectivity index (χ1v) is 6.65. The number of rotatable bonds is 5. The summed E-state index contributed by atoms with van der Waals surface area (Å²) in [5.74, 6) is -0.0692. The van der Waals surface area contributed by atoms with E-state index in [9.17, 15) is 4.79 Å². The van der Waals surface area contributed by atoms with Crippen molar-refractivity contribution in [3.63, 3.8) is 0 Å². The molecule has 0 spiro atoms. The Hall–Kier alpha value is -1.11. The highest BCUT2D eigenvalue weighted by molar-refractivity contribution is 5.94. The van der Waals surface area contributed by atoms with Gasteiger partial charge in [0.25, 0.3) is 5.91 Å². The van der Waals surface area contributed by atoms with Gasteiger partial charge in [-0.2, -0.15) is 5.10 Å². The molecule has 0 radical (unpaired) electrons. The van der Waals surface area contributed by atoms with Crippen molar-refractivity contribution in [3.8, 4) is 0 Å². The number of piperidine rings is 1. The quantitative estimate of drug-likeness (QED) is 0.754. The summed E-state index contributed by atoms with van der Waals surface area (Å²) in [6.45, 7) is 5.12. The summed E-state index contributed by atoms with van der Waals surface area (Å²) in [7, 11) is 1.71. The Kier molecular flexibility index (Phi) is 6.45. The predicted molar refractivity (Wildman–Crippen MR) is 79.3 cm³/mol. The Morgan fingerprint density at radius 3 is 2.75 bits per heavy atom. The van der Waals surface area contributed by atoms with E-state index in [1.165, 1.54) is 0 Å². The maximum absolute atomic E-state index is 12.1. The number of hydrogen-bond acceptors (Lipinski definition) is 4. The molecule has 114 valence electrons. The number of nitrogens with one attached hydrogen (secondary N) is 3. The first kappa shape index (κ1) is 16.9. The van der Waals surface area contributed by atoms with Gasteiger partial charge in [0.05, 0.1) is 18.4 Å². The van der Waals surface area contributed by atoms with Crippen LogP contribution in [0.5, 0.6) is 0 Å². The molecule has 20 heavy (non-hydrogen) atoms. The van der Waals surface area contributed by atoms with Gasteiger partial charge < -0.3 is 15.4 Å². The lowest BCUT2D eigenvalue weighted by Crippen LogP contribution is -2.47. The van der Waals surface area contributed by atoms with Crippen molar-refractivity contribution in [2.45, 2.75) is 19.8 Å². The molecule has 0 bridgehead atoms. The van der Waals surface area contributed by atoms with Gasteiger partial charge in [-0.05, 0) is 32.9 Å². The topological polar surface area (TPSA) is 79.0 Å². The molecule has 1 saturated heterocycles. The van der Waals surface area contributed by atoms with Crippen molar-refractivity contribution in [1.82, 2.24) is 20.8 Å². The number of methoxy groups -OCH3 is 1. The van der Waals surface area contributed by atoms with Gasteiger partial charge in [0, 0.05) is 24.8 Å². The molecule has 1 aromatic rings. The third-order valence-corrected chi connectivity index (χ3v) is 3.81. The van der Waals surface area contributed by atoms with Crippen LogP contribution in [0.15, 0.2) is 6.20 Å². The zero-order valence-corrected chi connectivity index (χ0v) is 12.8. The molecule has 2 heterocycles. The van der Waals surface area contributed by atoms with E-state index in [1.807, 2.05) is 6.92 Å². The summed E-state index contributed by atoms with van der Waals surface area (Å²) in [6.07, 6.45) is 3.60. The summed E-state index contributed by atoms with van der Waals surface area (Å²) in [5.41, 5.74) is 1.46. The highest BCUT2D eigenvalue weighted by Gasteiger charge is 2.32. The van der Waals surface area contributed by atoms with E-state index >= 15 is 0 Å². The van der Waals surface area contributed by atoms with E-state index in [0.717, 1.165) is 31.6 Å². The monoisotopic (exact) mass is 302 g/mol. The number of halogens is 1. The maximum Gasteiger partial charge on any atom is 0.254 e. The number of aromatic nitrogens is 2. The van der Waals surface area contributed by atoms with Gasteiger partial charge in [0.1, 0.15) is 0 Å². The zero-order valence-electron chi connectivity index (χ0n) is 12.0. The Morgan fingerprint density at radius 2 is 2.20 bits per heavy atom. The number of aromatic amines is 1. The fraction of sp³-hybridized carbons (Fsp3) is 0.692. The first-order chi connectivity index (χ1) is 9.17. The van der Waals surface area contributed by atoms with E-state index in [-0.39, 0.29) is 23.7 Å². The van der Waals surface area contributed by atoms with Crippen LogP contribution in [0, 0.1) is 12.3 Å². The van der Waals surface area contributed by atoms with Gasteiger partial charge in [-0.3, -0.25) is 9.89 Å². The second-order valence-corrected chi connectivity index (χ2v) is 5.27. The highest BCUT2D eigenvalue weighted by Crippen LogP contribution is 2.28. The van der Waals surface area contributed by atoms with Crippen molar-refractivity contribution in [2.75, 3.05) is 33.4 Å². The minimum Gasteiger partial charge on any atom is -0.384 e. The van der Waals surface area contributed by atoms with E-state index < -0.39 is 0 Å². The lowest BCUT2D eigenvalue weighted by molar-refractivity contribution is 0.0511. The lowest BCUT2D eigenvalue weighted by Gasteiger charge is -2.37. The smallest absolute Gasteiger partial charge is 0.254 e. The lowest BCUT2D eigenvalue weighted by atomic mass is 9.79. The Labute approximate surface area is 125 Å². The van der Waals surface area contributed by atoms with Crippen LogP contribution in [0.2, 0.25) is 0 Å². The number of ether oxygens (including phenoxy) is 1. The number of H-pyrrole nitrogens is 1. The Bertz CT molecular complexity index is 424. The predicted octanol–water partition coefficient (Wildman–Crippen LogP) is 0.886. The van der Waals surface area contributed by atoms with Gasteiger partial charge in [0.15, 0.2) is 0 Å². The third kappa shape index (κ3) is 3.94. The number of aryl methyl sites for hydroxylation is 1. The molecule has 2 rings (SSSR count). The van der Waals surface area contributed by atoms with Gasteiger partial charge >= 0.3 is 0 Å². The molecule has 1 aromatic heterocycles. The van der Waals surface area contributed by atoms with E-state index in [0.29, 0.717) is 18.7 Å². The van der Waals surface area contributed by atoms with E-state index in [2.05, 4.69) is 20.8 Å². The minimum absolute atomic E-state index is 0. The highest BCUT2D eigenvalue weighted by atomic mass is 35.5. The zero-order chi connectivity index (χ0) is 13.7. The van der Waals surface area contributed by atoms with Crippen molar-refractivity contribution >= 4 is 18.3 Å². The molecule has 6 nitrogen and oxygen atoms in total. The standard InChI is InChI=1S/C13H22N4O2.ClH/c1-10-11(7-16-17-10)12(18)15-8-13(9-19-2)3-5-14-6-4-13;/h7,14H,3-6,8-9H2,1-2H3,(H,15,18)(H,16,17);1H. The fourth-order valence-corrected chi connectivity index (χ4v) is 2.58. The van der Waals surface area contributed by atoms with Crippen molar-refractivity contribution in [2.24, 2.45) is 5.41 Å². The molecular weight excluding hydrogens is 280 g/mol. The number of amides is 1. The Morgan fingerprint density at radius 1 is 1.50 bits per heavy atom. The summed E-state index contributed by atoms with van der Waals surface area (Å²) in [4.78, 5) is 12.1. The molecule has 1 fully saturated rings. The fourth-order valence-electron chi connectivity index (χ4n) is 2.58. The van der Waals surface area contributed by atoms with Crippen LogP contribution >= 0.6 is 12.4 Å². The Balaban J connectivity index is 0.00000200. The molecule has 3 N–H and O–H groups in total. The van der Waals surface area contributed by atoms with Gasteiger partial charge in [-0.25, -0.2) is 0 Å². The second-order valence-electron chi connectivity index (χ2n) is 5.27. The molecular formula is C13H23ClN4O2. The molecule has 0 aromatic carbocycles. The SMILES string of the molecule is COCC1(CNC(=O)c2cn[nH]c2C)CCNCC1.Cl. The number of nitrogens with zero attached hydrogens (tertiary/aromatic N) is 1. The first-order valence-electron chi connectivity index (χ1n) is 6.65. The minimum atomic E-state index is -0.0692. The second kappa shape index (κ2) is 7.61. The average molecular weight is 303 g/mol. The summed E-state index contributed by atoms with van der Waals surface area (Å²) in [6, 6.07) is 0. The number of carbonyl (C=O) groups is 1. The van der Waals surface area contributed by atoms with E-state index in [1.54, 1.807) is 13.3 Å². The van der Waals surface area contributed by atoms with Crippen LogP contribution in [0.3, 0.4) is 0 Å². The molecule has 0 atom stereocenters. The maximum atomic E-state index is 12.1. The normalized spacial score (nSPS) is 17.3. The summed E-state index contributed by atoms with van der Waals surface area (Å²) in [5, 5.41) is 13.0. The van der Waals surface area contributed by atoms with Crippen LogP contribution in [0.25, 0.3) is 0 Å². The molecule has 0 saturated carbocycles. The van der Waals surface area contributed by atoms with Crippen LogP contribution in [0.4, 0.5) is 0 Å². The van der Waals surface area contributed by atoms with Crippen molar-refractivity contribution < 1.29 is 9.53 Å².